The molecule has 2 heterocycles. The van der Waals surface area contributed by atoms with Crippen LogP contribution in [0.2, 0.25) is 5.02 Å². The van der Waals surface area contributed by atoms with Gasteiger partial charge in [0.05, 0.1) is 5.02 Å². The Kier molecular flexibility index (Phi) is 4.00. The van der Waals surface area contributed by atoms with Crippen LogP contribution in [0, 0.1) is 6.92 Å². The van der Waals surface area contributed by atoms with Crippen molar-refractivity contribution >= 4 is 44.9 Å². The summed E-state index contributed by atoms with van der Waals surface area (Å²) in [5.41, 5.74) is 1.86. The Morgan fingerprint density at radius 1 is 1.26 bits per heavy atom. The van der Waals surface area contributed by atoms with E-state index in [1.54, 1.807) is 42.0 Å². The molecule has 0 fully saturated rings. The van der Waals surface area contributed by atoms with E-state index in [1.807, 2.05) is 12.3 Å². The molecule has 1 aromatic carbocycles. The maximum atomic E-state index is 12.9. The first-order valence-corrected chi connectivity index (χ1v) is 8.28. The molecule has 6 heteroatoms. The first kappa shape index (κ1) is 15.8. The number of carbonyl (C=O) groups excluding carboxylic acids is 1. The zero-order valence-electron chi connectivity index (χ0n) is 12.5. The summed E-state index contributed by atoms with van der Waals surface area (Å²) in [6, 6.07) is 6.12. The average molecular weight is 348 g/mol. The normalized spacial score (nSPS) is 12.5. The number of aromatic nitrogens is 1. The molecule has 118 valence electrons. The van der Waals surface area contributed by atoms with Gasteiger partial charge in [-0.25, -0.2) is 4.79 Å². The molecular formula is C17H14ClNO3S. The van der Waals surface area contributed by atoms with Crippen LogP contribution < -0.4 is 0 Å². The van der Waals surface area contributed by atoms with E-state index in [1.165, 1.54) is 11.3 Å². The first-order chi connectivity index (χ1) is 10.9. The summed E-state index contributed by atoms with van der Waals surface area (Å²) in [5.74, 6) is -1.14. The summed E-state index contributed by atoms with van der Waals surface area (Å²) in [6.45, 7) is 3.51. The number of aliphatic carboxylic acids is 1. The zero-order chi connectivity index (χ0) is 16.7. The number of nitrogens with zero attached hydrogens (tertiary/aromatic N) is 1. The first-order valence-electron chi connectivity index (χ1n) is 7.02. The maximum absolute atomic E-state index is 12.9. The Labute approximate surface area is 141 Å². The van der Waals surface area contributed by atoms with Gasteiger partial charge in [0.1, 0.15) is 10.9 Å². The minimum absolute atomic E-state index is 0.196. The summed E-state index contributed by atoms with van der Waals surface area (Å²) in [6.07, 6.45) is 1.62. The molecule has 3 aromatic rings. The molecule has 1 unspecified atom stereocenters. The lowest BCUT2D eigenvalue weighted by Crippen LogP contribution is -2.14. The fraction of sp³-hybridized carbons (Fsp3) is 0.176. The molecule has 0 aliphatic rings. The number of benzene rings is 1. The third kappa shape index (κ3) is 2.56. The van der Waals surface area contributed by atoms with Crippen LogP contribution in [0.1, 0.15) is 34.5 Å². The van der Waals surface area contributed by atoms with Crippen LogP contribution in [0.4, 0.5) is 0 Å². The standard InChI is InChI=1S/C17H14ClNO3S/c1-9-8-23-16-14(9)12(7-19(16)10(2)17(21)22)15(20)11-5-3-4-6-13(11)18/h3-8,10H,1-2H3,(H,21,22). The second-order valence-corrected chi connectivity index (χ2v) is 6.64. The van der Waals surface area contributed by atoms with Crippen molar-refractivity contribution in [2.24, 2.45) is 0 Å². The largest absolute Gasteiger partial charge is 0.480 e. The molecule has 0 amide bonds. The van der Waals surface area contributed by atoms with Gasteiger partial charge in [-0.2, -0.15) is 0 Å². The number of ketones is 1. The van der Waals surface area contributed by atoms with Crippen LogP contribution >= 0.6 is 22.9 Å². The molecule has 0 spiro atoms. The molecule has 2 aromatic heterocycles. The highest BCUT2D eigenvalue weighted by Gasteiger charge is 2.24. The third-order valence-corrected chi connectivity index (χ3v) is 5.30. The van der Waals surface area contributed by atoms with E-state index >= 15 is 0 Å². The lowest BCUT2D eigenvalue weighted by Gasteiger charge is -2.08. The molecule has 3 rings (SSSR count). The average Bonchev–Trinajstić information content (AvgIpc) is 3.07. The summed E-state index contributed by atoms with van der Waals surface area (Å²) < 4.78 is 1.64. The van der Waals surface area contributed by atoms with E-state index in [2.05, 4.69) is 0 Å². The number of carbonyl (C=O) groups is 2. The molecule has 0 aliphatic carbocycles. The van der Waals surface area contributed by atoms with Crippen molar-refractivity contribution in [2.75, 3.05) is 0 Å². The highest BCUT2D eigenvalue weighted by atomic mass is 35.5. The number of hydrogen-bond donors (Lipinski definition) is 1. The number of thiophene rings is 1. The van der Waals surface area contributed by atoms with Crippen LogP contribution in [0.5, 0.6) is 0 Å². The molecule has 23 heavy (non-hydrogen) atoms. The van der Waals surface area contributed by atoms with Crippen molar-refractivity contribution < 1.29 is 14.7 Å². The minimum atomic E-state index is -0.940. The van der Waals surface area contributed by atoms with Gasteiger partial charge in [-0.3, -0.25) is 4.79 Å². The zero-order valence-corrected chi connectivity index (χ0v) is 14.1. The summed E-state index contributed by atoms with van der Waals surface area (Å²) in [5, 5.41) is 12.4. The van der Waals surface area contributed by atoms with Gasteiger partial charge >= 0.3 is 5.97 Å². The van der Waals surface area contributed by atoms with Crippen molar-refractivity contribution in [2.45, 2.75) is 19.9 Å². The van der Waals surface area contributed by atoms with Crippen LogP contribution in [0.15, 0.2) is 35.8 Å². The highest BCUT2D eigenvalue weighted by molar-refractivity contribution is 7.17. The Morgan fingerprint density at radius 2 is 1.96 bits per heavy atom. The highest BCUT2D eigenvalue weighted by Crippen LogP contribution is 2.34. The van der Waals surface area contributed by atoms with Gasteiger partial charge in [0.15, 0.2) is 5.78 Å². The van der Waals surface area contributed by atoms with E-state index in [4.69, 9.17) is 11.6 Å². The fourth-order valence-corrected chi connectivity index (χ4v) is 3.93. The van der Waals surface area contributed by atoms with Crippen molar-refractivity contribution in [3.8, 4) is 0 Å². The van der Waals surface area contributed by atoms with Crippen molar-refractivity contribution in [1.82, 2.24) is 4.57 Å². The van der Waals surface area contributed by atoms with Crippen LogP contribution in [0.25, 0.3) is 10.2 Å². The number of rotatable bonds is 4. The SMILES string of the molecule is Cc1csc2c1c(C(=O)c1ccccc1Cl)cn2C(C)C(=O)O. The monoisotopic (exact) mass is 347 g/mol. The summed E-state index contributed by atoms with van der Waals surface area (Å²) in [4.78, 5) is 25.0. The number of carboxylic acid groups (broad SMARTS) is 1. The van der Waals surface area contributed by atoms with E-state index in [-0.39, 0.29) is 5.78 Å². The number of fused-ring (bicyclic) bond motifs is 1. The van der Waals surface area contributed by atoms with Crippen molar-refractivity contribution in [3.05, 3.63) is 57.6 Å². The summed E-state index contributed by atoms with van der Waals surface area (Å²) >= 11 is 7.57. The molecule has 1 atom stereocenters. The predicted octanol–water partition coefficient (Wildman–Crippen LogP) is 4.54. The number of hydrogen-bond acceptors (Lipinski definition) is 3. The molecule has 0 saturated carbocycles. The maximum Gasteiger partial charge on any atom is 0.326 e. The van der Waals surface area contributed by atoms with Gasteiger partial charge in [-0.1, -0.05) is 23.7 Å². The third-order valence-electron chi connectivity index (χ3n) is 3.87. The van der Waals surface area contributed by atoms with Gasteiger partial charge in [-0.15, -0.1) is 11.3 Å². The molecule has 0 saturated heterocycles. The Balaban J connectivity index is 2.22. The number of aryl methyl sites for hydroxylation is 1. The summed E-state index contributed by atoms with van der Waals surface area (Å²) in [7, 11) is 0. The van der Waals surface area contributed by atoms with Gasteiger partial charge in [0.25, 0.3) is 0 Å². The van der Waals surface area contributed by atoms with Crippen LogP contribution in [0.3, 0.4) is 0 Å². The van der Waals surface area contributed by atoms with Crippen molar-refractivity contribution in [3.63, 3.8) is 0 Å². The van der Waals surface area contributed by atoms with E-state index in [0.29, 0.717) is 16.1 Å². The lowest BCUT2D eigenvalue weighted by atomic mass is 10.0. The Morgan fingerprint density at radius 3 is 2.61 bits per heavy atom. The van der Waals surface area contributed by atoms with E-state index in [9.17, 15) is 14.7 Å². The second-order valence-electron chi connectivity index (χ2n) is 5.37. The van der Waals surface area contributed by atoms with Gasteiger partial charge in [-0.05, 0) is 36.9 Å². The smallest absolute Gasteiger partial charge is 0.326 e. The molecular weight excluding hydrogens is 334 g/mol. The molecule has 0 aliphatic heterocycles. The lowest BCUT2D eigenvalue weighted by molar-refractivity contribution is -0.140. The predicted molar refractivity (Wildman–Crippen MR) is 91.8 cm³/mol. The molecule has 4 nitrogen and oxygen atoms in total. The topological polar surface area (TPSA) is 59.3 Å². The van der Waals surface area contributed by atoms with Gasteiger partial charge in [0.2, 0.25) is 0 Å². The Hall–Kier alpha value is -2.11. The van der Waals surface area contributed by atoms with E-state index in [0.717, 1.165) is 15.8 Å². The van der Waals surface area contributed by atoms with Crippen LogP contribution in [-0.2, 0) is 4.79 Å². The molecule has 0 bridgehead atoms. The van der Waals surface area contributed by atoms with Crippen molar-refractivity contribution in [1.29, 1.82) is 0 Å². The number of halogens is 1. The minimum Gasteiger partial charge on any atom is -0.480 e. The second kappa shape index (κ2) is 5.83. The quantitative estimate of drug-likeness (QED) is 0.705. The van der Waals surface area contributed by atoms with E-state index < -0.39 is 12.0 Å². The fourth-order valence-electron chi connectivity index (χ4n) is 2.58. The van der Waals surface area contributed by atoms with Gasteiger partial charge in [0, 0.05) is 22.7 Å². The molecule has 0 radical (unpaired) electrons. The number of carboxylic acids is 1. The Bertz CT molecular complexity index is 925. The van der Waals surface area contributed by atoms with Gasteiger partial charge < -0.3 is 9.67 Å². The molecule has 1 N–H and O–H groups in total. The van der Waals surface area contributed by atoms with Crippen LogP contribution in [-0.4, -0.2) is 21.4 Å².